The van der Waals surface area contributed by atoms with Crippen LogP contribution in [-0.2, 0) is 0 Å². The molecule has 0 saturated carbocycles. The van der Waals surface area contributed by atoms with Gasteiger partial charge in [0.2, 0.25) is 0 Å². The van der Waals surface area contributed by atoms with Crippen LogP contribution in [0.1, 0.15) is 21.5 Å². The third-order valence-electron chi connectivity index (χ3n) is 3.15. The van der Waals surface area contributed by atoms with Gasteiger partial charge >= 0.3 is 0 Å². The molecule has 0 fully saturated rings. The lowest BCUT2D eigenvalue weighted by molar-refractivity contribution is 0.0955. The van der Waals surface area contributed by atoms with Crippen LogP contribution in [-0.4, -0.2) is 26.3 Å². The van der Waals surface area contributed by atoms with Crippen LogP contribution in [0.15, 0.2) is 41.5 Å². The number of carbonyl (C=O) groups is 1. The molecule has 0 aromatic heterocycles. The van der Waals surface area contributed by atoms with Gasteiger partial charge in [0.15, 0.2) is 11.5 Å². The Labute approximate surface area is 148 Å². The maximum absolute atomic E-state index is 12.0. The number of benzene rings is 2. The molecule has 0 unspecified atom stereocenters. The largest absolute Gasteiger partial charge is 0.493 e. The van der Waals surface area contributed by atoms with Crippen molar-refractivity contribution in [3.05, 3.63) is 56.7 Å². The molecule has 2 rings (SSSR count). The zero-order valence-electron chi connectivity index (χ0n) is 13.1. The topological polar surface area (TPSA) is 59.9 Å². The van der Waals surface area contributed by atoms with Crippen LogP contribution in [0, 0.1) is 10.5 Å². The van der Waals surface area contributed by atoms with E-state index in [1.807, 2.05) is 25.1 Å². The molecule has 0 aliphatic heterocycles. The molecular weight excluding hydrogens is 407 g/mol. The summed E-state index contributed by atoms with van der Waals surface area (Å²) in [6.07, 6.45) is 1.57. The third kappa shape index (κ3) is 4.44. The van der Waals surface area contributed by atoms with Crippen molar-refractivity contribution in [3.63, 3.8) is 0 Å². The van der Waals surface area contributed by atoms with Crippen molar-refractivity contribution < 1.29 is 14.3 Å². The van der Waals surface area contributed by atoms with E-state index in [9.17, 15) is 4.79 Å². The minimum atomic E-state index is -0.253. The molecule has 0 radical (unpaired) electrons. The molecule has 5 nitrogen and oxygen atoms in total. The summed E-state index contributed by atoms with van der Waals surface area (Å²) in [6.45, 7) is 1.97. The number of halogens is 1. The molecule has 0 aliphatic carbocycles. The maximum atomic E-state index is 12.0. The SMILES string of the molecule is COc1cc(/C=N\NC(=O)c2ccc(C)cc2)cc(I)c1OC. The Morgan fingerprint density at radius 2 is 1.87 bits per heavy atom. The molecule has 0 atom stereocenters. The van der Waals surface area contributed by atoms with E-state index in [0.717, 1.165) is 14.7 Å². The molecule has 0 bridgehead atoms. The van der Waals surface area contributed by atoms with Gasteiger partial charge in [0.05, 0.1) is 24.0 Å². The van der Waals surface area contributed by atoms with Crippen molar-refractivity contribution in [3.8, 4) is 11.5 Å². The molecule has 6 heteroatoms. The van der Waals surface area contributed by atoms with Crippen molar-refractivity contribution in [1.82, 2.24) is 5.43 Å². The molecule has 1 amide bonds. The number of hydrogen-bond donors (Lipinski definition) is 1. The molecule has 120 valence electrons. The molecule has 2 aromatic carbocycles. The molecule has 0 spiro atoms. The smallest absolute Gasteiger partial charge is 0.271 e. The number of amides is 1. The first-order valence-corrected chi connectivity index (χ1v) is 7.94. The number of nitrogens with zero attached hydrogens (tertiary/aromatic N) is 1. The second kappa shape index (κ2) is 7.96. The second-order valence-corrected chi connectivity index (χ2v) is 5.97. The van der Waals surface area contributed by atoms with Gasteiger partial charge in [-0.3, -0.25) is 4.79 Å². The molecular formula is C17H17IN2O3. The van der Waals surface area contributed by atoms with Gasteiger partial charge in [0.1, 0.15) is 0 Å². The number of aryl methyl sites for hydroxylation is 1. The average Bonchev–Trinajstić information content (AvgIpc) is 2.54. The Morgan fingerprint density at radius 1 is 1.17 bits per heavy atom. The lowest BCUT2D eigenvalue weighted by atomic mass is 10.1. The summed E-state index contributed by atoms with van der Waals surface area (Å²) in [5.74, 6) is 1.04. The molecule has 1 N–H and O–H groups in total. The summed E-state index contributed by atoms with van der Waals surface area (Å²) in [7, 11) is 3.17. The van der Waals surface area contributed by atoms with Gasteiger partial charge in [-0.25, -0.2) is 5.43 Å². The first kappa shape index (κ1) is 17.3. The number of carbonyl (C=O) groups excluding carboxylic acids is 1. The van der Waals surface area contributed by atoms with Gasteiger partial charge in [0, 0.05) is 5.56 Å². The Hall–Kier alpha value is -2.09. The summed E-state index contributed by atoms with van der Waals surface area (Å²) in [4.78, 5) is 12.0. The first-order chi connectivity index (χ1) is 11.0. The van der Waals surface area contributed by atoms with Gasteiger partial charge in [0.25, 0.3) is 5.91 Å². The number of hydrogen-bond acceptors (Lipinski definition) is 4. The van der Waals surface area contributed by atoms with E-state index in [1.54, 1.807) is 38.6 Å². The quantitative estimate of drug-likeness (QED) is 0.455. The van der Waals surface area contributed by atoms with Crippen LogP contribution in [0.5, 0.6) is 11.5 Å². The summed E-state index contributed by atoms with van der Waals surface area (Å²) >= 11 is 2.16. The van der Waals surface area contributed by atoms with E-state index < -0.39 is 0 Å². The van der Waals surface area contributed by atoms with Crippen molar-refractivity contribution in [2.24, 2.45) is 5.10 Å². The lowest BCUT2D eigenvalue weighted by Crippen LogP contribution is -2.17. The van der Waals surface area contributed by atoms with E-state index in [4.69, 9.17) is 9.47 Å². The van der Waals surface area contributed by atoms with Crippen molar-refractivity contribution >= 4 is 34.7 Å². The van der Waals surface area contributed by atoms with Gasteiger partial charge in [-0.05, 0) is 59.3 Å². The molecule has 0 heterocycles. The van der Waals surface area contributed by atoms with Gasteiger partial charge in [-0.1, -0.05) is 17.7 Å². The number of methoxy groups -OCH3 is 2. The normalized spacial score (nSPS) is 10.6. The fraction of sp³-hybridized carbons (Fsp3) is 0.176. The Balaban J connectivity index is 2.10. The number of ether oxygens (including phenoxy) is 2. The monoisotopic (exact) mass is 424 g/mol. The molecule has 0 aliphatic rings. The van der Waals surface area contributed by atoms with E-state index >= 15 is 0 Å². The fourth-order valence-electron chi connectivity index (χ4n) is 1.95. The fourth-order valence-corrected chi connectivity index (χ4v) is 2.79. The molecule has 23 heavy (non-hydrogen) atoms. The number of hydrazone groups is 1. The summed E-state index contributed by atoms with van der Waals surface area (Å²) in [6, 6.07) is 11.0. The minimum Gasteiger partial charge on any atom is -0.493 e. The van der Waals surface area contributed by atoms with Crippen molar-refractivity contribution in [2.75, 3.05) is 14.2 Å². The summed E-state index contributed by atoms with van der Waals surface area (Å²) in [5.41, 5.74) is 4.98. The van der Waals surface area contributed by atoms with Gasteiger partial charge in [-0.2, -0.15) is 5.10 Å². The van der Waals surface area contributed by atoms with Gasteiger partial charge < -0.3 is 9.47 Å². The second-order valence-electron chi connectivity index (χ2n) is 4.80. The first-order valence-electron chi connectivity index (χ1n) is 6.86. The van der Waals surface area contributed by atoms with E-state index in [0.29, 0.717) is 17.1 Å². The van der Waals surface area contributed by atoms with Crippen LogP contribution >= 0.6 is 22.6 Å². The average molecular weight is 424 g/mol. The summed E-state index contributed by atoms with van der Waals surface area (Å²) in [5, 5.41) is 3.99. The van der Waals surface area contributed by atoms with E-state index in [1.165, 1.54) is 0 Å². The minimum absolute atomic E-state index is 0.253. The number of nitrogens with one attached hydrogen (secondary N) is 1. The Bertz CT molecular complexity index is 727. The summed E-state index contributed by atoms with van der Waals surface area (Å²) < 4.78 is 11.5. The predicted molar refractivity (Wildman–Crippen MR) is 98.5 cm³/mol. The Kier molecular flexibility index (Phi) is 5.97. The van der Waals surface area contributed by atoms with Crippen LogP contribution in [0.25, 0.3) is 0 Å². The maximum Gasteiger partial charge on any atom is 0.271 e. The van der Waals surface area contributed by atoms with Crippen molar-refractivity contribution in [2.45, 2.75) is 6.92 Å². The van der Waals surface area contributed by atoms with Crippen molar-refractivity contribution in [1.29, 1.82) is 0 Å². The van der Waals surface area contributed by atoms with E-state index in [-0.39, 0.29) is 5.91 Å². The molecule has 2 aromatic rings. The highest BCUT2D eigenvalue weighted by Gasteiger charge is 2.09. The zero-order chi connectivity index (χ0) is 16.8. The lowest BCUT2D eigenvalue weighted by Gasteiger charge is -2.10. The standard InChI is InChI=1S/C17H17IN2O3/c1-11-4-6-13(7-5-11)17(21)20-19-10-12-8-14(18)16(23-3)15(9-12)22-2/h4-10H,1-3H3,(H,20,21)/b19-10-. The van der Waals surface area contributed by atoms with Crippen LogP contribution in [0.2, 0.25) is 0 Å². The van der Waals surface area contributed by atoms with Gasteiger partial charge in [-0.15, -0.1) is 0 Å². The highest BCUT2D eigenvalue weighted by molar-refractivity contribution is 14.1. The van der Waals surface area contributed by atoms with Crippen LogP contribution < -0.4 is 14.9 Å². The van der Waals surface area contributed by atoms with Crippen LogP contribution in [0.4, 0.5) is 0 Å². The predicted octanol–water partition coefficient (Wildman–Crippen LogP) is 3.38. The molecule has 0 saturated heterocycles. The van der Waals surface area contributed by atoms with E-state index in [2.05, 4.69) is 33.1 Å². The zero-order valence-corrected chi connectivity index (χ0v) is 15.2. The van der Waals surface area contributed by atoms with Crippen LogP contribution in [0.3, 0.4) is 0 Å². The highest BCUT2D eigenvalue weighted by Crippen LogP contribution is 2.32. The Morgan fingerprint density at radius 3 is 2.48 bits per heavy atom. The number of rotatable bonds is 5. The highest BCUT2D eigenvalue weighted by atomic mass is 127. The third-order valence-corrected chi connectivity index (χ3v) is 3.95.